The molecule has 0 unspecified atom stereocenters. The van der Waals surface area contributed by atoms with E-state index in [2.05, 4.69) is 0 Å². The molecular formula is C19H17NO5S. The zero-order chi connectivity index (χ0) is 18.1. The Hall–Kier alpha value is -2.64. The normalized spacial score (nSPS) is 18.0. The Morgan fingerprint density at radius 2 is 2.08 bits per heavy atom. The first kappa shape index (κ1) is 16.8. The molecule has 0 atom stereocenters. The fourth-order valence-electron chi connectivity index (χ4n) is 2.79. The number of hydrogen-bond acceptors (Lipinski definition) is 6. The summed E-state index contributed by atoms with van der Waals surface area (Å²) in [5, 5.41) is 1.97. The molecule has 1 fully saturated rings. The van der Waals surface area contributed by atoms with Crippen LogP contribution in [0.1, 0.15) is 20.8 Å². The predicted molar refractivity (Wildman–Crippen MR) is 96.8 cm³/mol. The number of carbonyl (C=O) groups is 2. The molecule has 2 aliphatic rings. The summed E-state index contributed by atoms with van der Waals surface area (Å²) in [6.07, 6.45) is 1.32. The number of fused-ring (bicyclic) bond motifs is 1. The molecular weight excluding hydrogens is 354 g/mol. The van der Waals surface area contributed by atoms with Gasteiger partial charge in [0.05, 0.1) is 18.8 Å². The molecule has 4 rings (SSSR count). The van der Waals surface area contributed by atoms with Gasteiger partial charge in [0.15, 0.2) is 5.76 Å². The highest BCUT2D eigenvalue weighted by atomic mass is 32.1. The first-order chi connectivity index (χ1) is 12.6. The summed E-state index contributed by atoms with van der Waals surface area (Å²) in [7, 11) is 0. The Morgan fingerprint density at radius 1 is 1.27 bits per heavy atom. The molecule has 2 aliphatic heterocycles. The number of ketones is 1. The van der Waals surface area contributed by atoms with Gasteiger partial charge in [-0.05, 0) is 36.1 Å². The van der Waals surface area contributed by atoms with Gasteiger partial charge in [0.2, 0.25) is 5.78 Å². The zero-order valence-corrected chi connectivity index (χ0v) is 15.0. The fourth-order valence-corrected chi connectivity index (χ4v) is 3.64. The van der Waals surface area contributed by atoms with Gasteiger partial charge in [-0.3, -0.25) is 4.79 Å². The molecule has 6 nitrogen and oxygen atoms in total. The smallest absolute Gasteiger partial charge is 0.415 e. The van der Waals surface area contributed by atoms with Crippen molar-refractivity contribution in [1.29, 1.82) is 0 Å². The van der Waals surface area contributed by atoms with Crippen molar-refractivity contribution in [1.82, 2.24) is 4.90 Å². The van der Waals surface area contributed by atoms with Crippen LogP contribution in [-0.4, -0.2) is 43.1 Å². The van der Waals surface area contributed by atoms with Crippen LogP contribution in [0.5, 0.6) is 11.5 Å². The van der Waals surface area contributed by atoms with Gasteiger partial charge in [0.1, 0.15) is 11.5 Å². The predicted octanol–water partition coefficient (Wildman–Crippen LogP) is 3.50. The van der Waals surface area contributed by atoms with E-state index in [0.717, 1.165) is 10.4 Å². The van der Waals surface area contributed by atoms with Crippen LogP contribution in [0.2, 0.25) is 0 Å². The molecule has 134 valence electrons. The Balaban J connectivity index is 1.51. The topological polar surface area (TPSA) is 65.1 Å². The van der Waals surface area contributed by atoms with Gasteiger partial charge in [-0.25, -0.2) is 4.79 Å². The summed E-state index contributed by atoms with van der Waals surface area (Å²) >= 11 is 1.55. The molecule has 0 saturated carbocycles. The molecule has 1 aromatic heterocycles. The van der Waals surface area contributed by atoms with Crippen LogP contribution < -0.4 is 9.47 Å². The standard InChI is InChI=1S/C19H17NO5S/c1-12-4-9-26-17(12)11-16-18(21)14-3-2-13(10-15(14)25-16)24-19(22)20-5-7-23-8-6-20/h2-4,9-11H,5-8H2,1H3. The average molecular weight is 371 g/mol. The number of allylic oxidation sites excluding steroid dienone is 1. The lowest BCUT2D eigenvalue weighted by Crippen LogP contribution is -2.42. The second kappa shape index (κ2) is 6.93. The quantitative estimate of drug-likeness (QED) is 0.756. The van der Waals surface area contributed by atoms with Gasteiger partial charge in [0, 0.05) is 30.1 Å². The van der Waals surface area contributed by atoms with Crippen molar-refractivity contribution in [3.63, 3.8) is 0 Å². The van der Waals surface area contributed by atoms with Crippen molar-refractivity contribution in [3.05, 3.63) is 51.4 Å². The average Bonchev–Trinajstić information content (AvgIpc) is 3.19. The maximum absolute atomic E-state index is 12.5. The van der Waals surface area contributed by atoms with Gasteiger partial charge in [-0.15, -0.1) is 11.3 Å². The Labute approximate surface area is 154 Å². The third-order valence-corrected chi connectivity index (χ3v) is 5.25. The van der Waals surface area contributed by atoms with E-state index in [-0.39, 0.29) is 11.5 Å². The maximum Gasteiger partial charge on any atom is 0.415 e. The summed E-state index contributed by atoms with van der Waals surface area (Å²) in [5.41, 5.74) is 1.56. The number of benzene rings is 1. The first-order valence-electron chi connectivity index (χ1n) is 8.29. The number of aryl methyl sites for hydroxylation is 1. The van der Waals surface area contributed by atoms with Crippen molar-refractivity contribution in [2.75, 3.05) is 26.3 Å². The van der Waals surface area contributed by atoms with Gasteiger partial charge in [0.25, 0.3) is 0 Å². The largest absolute Gasteiger partial charge is 0.452 e. The zero-order valence-electron chi connectivity index (χ0n) is 14.2. The number of amides is 1. The minimum Gasteiger partial charge on any atom is -0.452 e. The number of morpholine rings is 1. The van der Waals surface area contributed by atoms with Crippen LogP contribution in [-0.2, 0) is 4.74 Å². The van der Waals surface area contributed by atoms with Crippen LogP contribution in [0.4, 0.5) is 4.79 Å². The van der Waals surface area contributed by atoms with E-state index in [1.165, 1.54) is 0 Å². The van der Waals surface area contributed by atoms with E-state index in [1.54, 1.807) is 40.5 Å². The molecule has 3 heterocycles. The van der Waals surface area contributed by atoms with Crippen LogP contribution in [0.25, 0.3) is 6.08 Å². The highest BCUT2D eigenvalue weighted by Crippen LogP contribution is 2.35. The van der Waals surface area contributed by atoms with Crippen LogP contribution in [0.3, 0.4) is 0 Å². The third kappa shape index (κ3) is 3.23. The van der Waals surface area contributed by atoms with E-state index >= 15 is 0 Å². The number of carbonyl (C=O) groups excluding carboxylic acids is 2. The molecule has 0 bridgehead atoms. The molecule has 0 radical (unpaired) electrons. The number of Topliss-reactive ketones (excluding diaryl/α,β-unsaturated/α-hetero) is 1. The number of ether oxygens (including phenoxy) is 3. The van der Waals surface area contributed by atoms with Crippen molar-refractivity contribution < 1.29 is 23.8 Å². The highest BCUT2D eigenvalue weighted by molar-refractivity contribution is 7.11. The van der Waals surface area contributed by atoms with Crippen molar-refractivity contribution in [3.8, 4) is 11.5 Å². The van der Waals surface area contributed by atoms with Gasteiger partial charge >= 0.3 is 6.09 Å². The molecule has 26 heavy (non-hydrogen) atoms. The van der Waals surface area contributed by atoms with E-state index in [4.69, 9.17) is 14.2 Å². The number of hydrogen-bond donors (Lipinski definition) is 0. The third-order valence-electron chi connectivity index (χ3n) is 4.28. The molecule has 1 saturated heterocycles. The summed E-state index contributed by atoms with van der Waals surface area (Å²) in [6, 6.07) is 6.81. The number of rotatable bonds is 2. The maximum atomic E-state index is 12.5. The minimum atomic E-state index is -0.428. The number of nitrogens with zero attached hydrogens (tertiary/aromatic N) is 1. The minimum absolute atomic E-state index is 0.168. The summed E-state index contributed by atoms with van der Waals surface area (Å²) in [5.74, 6) is 0.866. The molecule has 1 amide bonds. The molecule has 1 aromatic carbocycles. The van der Waals surface area contributed by atoms with E-state index in [1.807, 2.05) is 18.4 Å². The van der Waals surface area contributed by atoms with Crippen molar-refractivity contribution in [2.24, 2.45) is 0 Å². The second-order valence-corrected chi connectivity index (χ2v) is 6.98. The van der Waals surface area contributed by atoms with Crippen LogP contribution in [0, 0.1) is 6.92 Å². The van der Waals surface area contributed by atoms with Crippen molar-refractivity contribution in [2.45, 2.75) is 6.92 Å². The van der Waals surface area contributed by atoms with Gasteiger partial charge in [-0.2, -0.15) is 0 Å². The lowest BCUT2D eigenvalue weighted by atomic mass is 10.1. The van der Waals surface area contributed by atoms with E-state index < -0.39 is 6.09 Å². The highest BCUT2D eigenvalue weighted by Gasteiger charge is 2.28. The lowest BCUT2D eigenvalue weighted by Gasteiger charge is -2.25. The Kier molecular flexibility index (Phi) is 4.48. The lowest BCUT2D eigenvalue weighted by molar-refractivity contribution is 0.0416. The fraction of sp³-hybridized carbons (Fsp3) is 0.263. The van der Waals surface area contributed by atoms with Crippen LogP contribution in [0.15, 0.2) is 35.4 Å². The summed E-state index contributed by atoms with van der Waals surface area (Å²) < 4.78 is 16.3. The Morgan fingerprint density at radius 3 is 2.81 bits per heavy atom. The summed E-state index contributed by atoms with van der Waals surface area (Å²) in [4.78, 5) is 27.2. The van der Waals surface area contributed by atoms with Gasteiger partial charge < -0.3 is 19.1 Å². The van der Waals surface area contributed by atoms with E-state index in [9.17, 15) is 9.59 Å². The molecule has 0 spiro atoms. The second-order valence-electron chi connectivity index (χ2n) is 6.03. The molecule has 0 N–H and O–H groups in total. The SMILES string of the molecule is Cc1ccsc1C=C1Oc2cc(OC(=O)N3CCOCC3)ccc2C1=O. The first-order valence-corrected chi connectivity index (χ1v) is 9.17. The molecule has 0 aliphatic carbocycles. The van der Waals surface area contributed by atoms with Crippen LogP contribution >= 0.6 is 11.3 Å². The number of thiophene rings is 1. The molecule has 2 aromatic rings. The van der Waals surface area contributed by atoms with Gasteiger partial charge in [-0.1, -0.05) is 0 Å². The van der Waals surface area contributed by atoms with E-state index in [0.29, 0.717) is 43.4 Å². The molecule has 7 heteroatoms. The Bertz CT molecular complexity index is 895. The summed E-state index contributed by atoms with van der Waals surface area (Å²) in [6.45, 7) is 4.01. The van der Waals surface area contributed by atoms with Crippen molar-refractivity contribution >= 4 is 29.3 Å². The monoisotopic (exact) mass is 371 g/mol.